The summed E-state index contributed by atoms with van der Waals surface area (Å²) in [6.07, 6.45) is 2.48. The molecule has 1 saturated carbocycles. The van der Waals surface area contributed by atoms with Crippen LogP contribution in [0.4, 0.5) is 0 Å². The molecule has 0 atom stereocenters. The molecule has 19 heavy (non-hydrogen) atoms. The van der Waals surface area contributed by atoms with Gasteiger partial charge in [-0.3, -0.25) is 0 Å². The van der Waals surface area contributed by atoms with Crippen LogP contribution in [-0.2, 0) is 4.74 Å². The van der Waals surface area contributed by atoms with Crippen molar-refractivity contribution in [2.24, 2.45) is 5.92 Å². The normalized spacial score (nSPS) is 14.4. The summed E-state index contributed by atoms with van der Waals surface area (Å²) in [6, 6.07) is 9.30. The number of para-hydroxylation sites is 1. The number of benzene rings is 1. The maximum atomic E-state index is 11.5. The molecule has 1 fully saturated rings. The number of esters is 1. The fourth-order valence-corrected chi connectivity index (χ4v) is 1.95. The van der Waals surface area contributed by atoms with Crippen molar-refractivity contribution in [1.29, 1.82) is 0 Å². The number of hydrogen-bond acceptors (Lipinski definition) is 4. The maximum absolute atomic E-state index is 11.5. The Bertz CT molecular complexity index is 620. The molecule has 0 amide bonds. The lowest BCUT2D eigenvalue weighted by atomic mass is 10.2. The summed E-state index contributed by atoms with van der Waals surface area (Å²) < 4.78 is 10.5. The molecule has 0 N–H and O–H groups in total. The van der Waals surface area contributed by atoms with Gasteiger partial charge in [0.2, 0.25) is 0 Å². The summed E-state index contributed by atoms with van der Waals surface area (Å²) in [7, 11) is 1.35. The third-order valence-corrected chi connectivity index (χ3v) is 3.25. The zero-order valence-corrected chi connectivity index (χ0v) is 10.8. The van der Waals surface area contributed by atoms with Gasteiger partial charge in [0.25, 0.3) is 0 Å². The van der Waals surface area contributed by atoms with Crippen LogP contribution in [-0.4, -0.2) is 24.7 Å². The highest BCUT2D eigenvalue weighted by Crippen LogP contribution is 2.31. The summed E-state index contributed by atoms with van der Waals surface area (Å²) in [4.78, 5) is 15.9. The number of pyridine rings is 1. The largest absolute Gasteiger partial charge is 0.491 e. The van der Waals surface area contributed by atoms with Gasteiger partial charge in [-0.1, -0.05) is 18.2 Å². The highest BCUT2D eigenvalue weighted by Gasteiger charge is 2.22. The fourth-order valence-electron chi connectivity index (χ4n) is 1.95. The average molecular weight is 257 g/mol. The van der Waals surface area contributed by atoms with Crippen LogP contribution in [0, 0.1) is 5.92 Å². The highest BCUT2D eigenvalue weighted by atomic mass is 16.5. The predicted octanol–water partition coefficient (Wildman–Crippen LogP) is 2.81. The van der Waals surface area contributed by atoms with Gasteiger partial charge in [0.1, 0.15) is 17.0 Å². The van der Waals surface area contributed by atoms with Gasteiger partial charge in [0, 0.05) is 5.39 Å². The van der Waals surface area contributed by atoms with E-state index in [0.717, 1.165) is 17.7 Å². The first-order chi connectivity index (χ1) is 9.28. The number of rotatable bonds is 4. The van der Waals surface area contributed by atoms with Gasteiger partial charge in [0.05, 0.1) is 13.7 Å². The van der Waals surface area contributed by atoms with Crippen LogP contribution in [0.15, 0.2) is 30.3 Å². The Hall–Kier alpha value is -2.10. The third-order valence-electron chi connectivity index (χ3n) is 3.25. The summed E-state index contributed by atoms with van der Waals surface area (Å²) in [5, 5.41) is 0.959. The average Bonchev–Trinajstić information content (AvgIpc) is 3.27. The lowest BCUT2D eigenvalue weighted by molar-refractivity contribution is 0.0594. The Morgan fingerprint density at radius 2 is 2.16 bits per heavy atom. The van der Waals surface area contributed by atoms with Crippen molar-refractivity contribution in [1.82, 2.24) is 4.98 Å². The van der Waals surface area contributed by atoms with Crippen LogP contribution < -0.4 is 4.74 Å². The number of methoxy groups -OCH3 is 1. The Morgan fingerprint density at radius 1 is 1.32 bits per heavy atom. The van der Waals surface area contributed by atoms with Gasteiger partial charge in [0.15, 0.2) is 0 Å². The third kappa shape index (κ3) is 2.52. The zero-order valence-electron chi connectivity index (χ0n) is 10.8. The monoisotopic (exact) mass is 257 g/mol. The molecule has 3 rings (SSSR count). The van der Waals surface area contributed by atoms with Crippen molar-refractivity contribution in [3.63, 3.8) is 0 Å². The highest BCUT2D eigenvalue weighted by molar-refractivity contribution is 5.92. The van der Waals surface area contributed by atoms with Gasteiger partial charge in [-0.05, 0) is 30.9 Å². The molecule has 4 heteroatoms. The van der Waals surface area contributed by atoms with E-state index in [9.17, 15) is 4.79 Å². The van der Waals surface area contributed by atoms with E-state index in [1.807, 2.05) is 24.3 Å². The molecule has 0 saturated heterocycles. The standard InChI is InChI=1S/C15H15NO3/c1-18-15(17)12-8-7-11-3-2-4-13(14(11)16-12)19-9-10-5-6-10/h2-4,7-8,10H,5-6,9H2,1H3. The predicted molar refractivity (Wildman–Crippen MR) is 71.3 cm³/mol. The SMILES string of the molecule is COC(=O)c1ccc2cccc(OCC3CC3)c2n1. The van der Waals surface area contributed by atoms with Gasteiger partial charge in [-0.15, -0.1) is 0 Å². The van der Waals surface area contributed by atoms with Gasteiger partial charge < -0.3 is 9.47 Å². The molecule has 1 aliphatic rings. The molecule has 4 nitrogen and oxygen atoms in total. The molecule has 0 unspecified atom stereocenters. The first-order valence-corrected chi connectivity index (χ1v) is 6.39. The molecular weight excluding hydrogens is 242 g/mol. The number of fused-ring (bicyclic) bond motifs is 1. The number of aromatic nitrogens is 1. The number of carbonyl (C=O) groups is 1. The lowest BCUT2D eigenvalue weighted by Crippen LogP contribution is -2.05. The smallest absolute Gasteiger partial charge is 0.356 e. The number of ether oxygens (including phenoxy) is 2. The molecule has 1 aromatic carbocycles. The van der Waals surface area contributed by atoms with E-state index >= 15 is 0 Å². The Morgan fingerprint density at radius 3 is 2.89 bits per heavy atom. The minimum absolute atomic E-state index is 0.303. The second-order valence-corrected chi connectivity index (χ2v) is 4.77. The molecular formula is C15H15NO3. The zero-order chi connectivity index (χ0) is 13.2. The molecule has 1 aliphatic carbocycles. The maximum Gasteiger partial charge on any atom is 0.356 e. The van der Waals surface area contributed by atoms with Gasteiger partial charge in [-0.2, -0.15) is 0 Å². The van der Waals surface area contributed by atoms with Crippen LogP contribution >= 0.6 is 0 Å². The van der Waals surface area contributed by atoms with E-state index in [-0.39, 0.29) is 0 Å². The molecule has 0 bridgehead atoms. The van der Waals surface area contributed by atoms with E-state index in [1.165, 1.54) is 20.0 Å². The Kier molecular flexibility index (Phi) is 3.07. The summed E-state index contributed by atoms with van der Waals surface area (Å²) in [6.45, 7) is 0.725. The van der Waals surface area contributed by atoms with Crippen molar-refractivity contribution in [2.75, 3.05) is 13.7 Å². The molecule has 1 heterocycles. The second-order valence-electron chi connectivity index (χ2n) is 4.77. The molecule has 0 radical (unpaired) electrons. The van der Waals surface area contributed by atoms with Crippen LogP contribution in [0.2, 0.25) is 0 Å². The Balaban J connectivity index is 1.97. The van der Waals surface area contributed by atoms with Crippen LogP contribution in [0.25, 0.3) is 10.9 Å². The first-order valence-electron chi connectivity index (χ1n) is 6.39. The minimum Gasteiger partial charge on any atom is -0.491 e. The molecule has 0 spiro atoms. The summed E-state index contributed by atoms with van der Waals surface area (Å²) in [5.41, 5.74) is 1.02. The van der Waals surface area contributed by atoms with Gasteiger partial charge >= 0.3 is 5.97 Å². The molecule has 98 valence electrons. The molecule has 1 aromatic heterocycles. The number of carbonyl (C=O) groups excluding carboxylic acids is 1. The van der Waals surface area contributed by atoms with Gasteiger partial charge in [-0.25, -0.2) is 9.78 Å². The van der Waals surface area contributed by atoms with Crippen molar-refractivity contribution in [3.05, 3.63) is 36.0 Å². The Labute approximate surface area is 111 Å². The van der Waals surface area contributed by atoms with Crippen molar-refractivity contribution >= 4 is 16.9 Å². The van der Waals surface area contributed by atoms with Crippen LogP contribution in [0.5, 0.6) is 5.75 Å². The molecule has 0 aliphatic heterocycles. The molecule has 2 aromatic rings. The van der Waals surface area contributed by atoms with E-state index in [4.69, 9.17) is 9.47 Å². The quantitative estimate of drug-likeness (QED) is 0.790. The number of hydrogen-bond donors (Lipinski definition) is 0. The van der Waals surface area contributed by atoms with Crippen LogP contribution in [0.1, 0.15) is 23.3 Å². The van der Waals surface area contributed by atoms with Crippen molar-refractivity contribution in [2.45, 2.75) is 12.8 Å². The van der Waals surface area contributed by atoms with E-state index in [0.29, 0.717) is 17.1 Å². The summed E-state index contributed by atoms with van der Waals surface area (Å²) in [5.74, 6) is 0.980. The van der Waals surface area contributed by atoms with E-state index in [1.54, 1.807) is 6.07 Å². The summed E-state index contributed by atoms with van der Waals surface area (Å²) >= 11 is 0. The van der Waals surface area contributed by atoms with E-state index in [2.05, 4.69) is 4.98 Å². The number of nitrogens with zero attached hydrogens (tertiary/aromatic N) is 1. The van der Waals surface area contributed by atoms with Crippen LogP contribution in [0.3, 0.4) is 0 Å². The lowest BCUT2D eigenvalue weighted by Gasteiger charge is -2.08. The second kappa shape index (κ2) is 4.88. The van der Waals surface area contributed by atoms with E-state index < -0.39 is 5.97 Å². The topological polar surface area (TPSA) is 48.4 Å². The minimum atomic E-state index is -0.432. The first kappa shape index (κ1) is 12.0. The van der Waals surface area contributed by atoms with Crippen molar-refractivity contribution in [3.8, 4) is 5.75 Å². The fraction of sp³-hybridized carbons (Fsp3) is 0.333. The van der Waals surface area contributed by atoms with Crippen molar-refractivity contribution < 1.29 is 14.3 Å².